The second-order valence-electron chi connectivity index (χ2n) is 5.01. The molecular formula is C15H18N2O3S. The van der Waals surface area contributed by atoms with E-state index in [1.807, 2.05) is 19.9 Å². The zero-order valence-corrected chi connectivity index (χ0v) is 13.0. The Hall–Kier alpha value is -1.92. The van der Waals surface area contributed by atoms with Gasteiger partial charge in [-0.1, -0.05) is 12.1 Å². The van der Waals surface area contributed by atoms with E-state index in [2.05, 4.69) is 9.71 Å². The summed E-state index contributed by atoms with van der Waals surface area (Å²) in [5.74, 6) is -0.163. The zero-order chi connectivity index (χ0) is 15.6. The summed E-state index contributed by atoms with van der Waals surface area (Å²) in [5.41, 5.74) is 3.21. The SMILES string of the molecule is CC(=O)c1cccc(S(=O)(=O)NCc2cc(C)[nH]c2C)c1. The van der Waals surface area contributed by atoms with Gasteiger partial charge in [0, 0.05) is 23.5 Å². The lowest BCUT2D eigenvalue weighted by Crippen LogP contribution is -2.23. The molecule has 5 nitrogen and oxygen atoms in total. The van der Waals surface area contributed by atoms with Gasteiger partial charge >= 0.3 is 0 Å². The fraction of sp³-hybridized carbons (Fsp3) is 0.267. The van der Waals surface area contributed by atoms with Gasteiger partial charge in [0.1, 0.15) is 0 Å². The van der Waals surface area contributed by atoms with Crippen molar-refractivity contribution < 1.29 is 13.2 Å². The largest absolute Gasteiger partial charge is 0.362 e. The van der Waals surface area contributed by atoms with Gasteiger partial charge in [0.15, 0.2) is 5.78 Å². The normalized spacial score (nSPS) is 11.6. The lowest BCUT2D eigenvalue weighted by Gasteiger charge is -2.07. The number of rotatable bonds is 5. The van der Waals surface area contributed by atoms with Crippen molar-refractivity contribution in [1.29, 1.82) is 0 Å². The van der Waals surface area contributed by atoms with Crippen LogP contribution in [0.4, 0.5) is 0 Å². The van der Waals surface area contributed by atoms with E-state index in [9.17, 15) is 13.2 Å². The molecule has 1 heterocycles. The number of hydrogen-bond acceptors (Lipinski definition) is 3. The van der Waals surface area contributed by atoms with Gasteiger partial charge in [-0.05, 0) is 44.5 Å². The van der Waals surface area contributed by atoms with Gasteiger partial charge in [-0.3, -0.25) is 4.79 Å². The van der Waals surface area contributed by atoms with Crippen molar-refractivity contribution >= 4 is 15.8 Å². The molecule has 21 heavy (non-hydrogen) atoms. The number of hydrogen-bond donors (Lipinski definition) is 2. The lowest BCUT2D eigenvalue weighted by molar-refractivity contribution is 0.101. The first-order chi connectivity index (χ1) is 9.79. The Morgan fingerprint density at radius 2 is 1.95 bits per heavy atom. The lowest BCUT2D eigenvalue weighted by atomic mass is 10.2. The Labute approximate surface area is 124 Å². The van der Waals surface area contributed by atoms with E-state index >= 15 is 0 Å². The number of H-pyrrole nitrogens is 1. The molecule has 0 radical (unpaired) electrons. The molecule has 0 fully saturated rings. The third-order valence-corrected chi connectivity index (χ3v) is 4.66. The van der Waals surface area contributed by atoms with Crippen LogP contribution in [-0.4, -0.2) is 19.2 Å². The van der Waals surface area contributed by atoms with Gasteiger partial charge in [-0.25, -0.2) is 13.1 Å². The standard InChI is InChI=1S/C15H18N2O3S/c1-10-7-14(11(2)17-10)9-16-21(19,20)15-6-4-5-13(8-15)12(3)18/h4-8,16-17H,9H2,1-3H3. The van der Waals surface area contributed by atoms with Crippen molar-refractivity contribution in [1.82, 2.24) is 9.71 Å². The zero-order valence-electron chi connectivity index (χ0n) is 12.2. The van der Waals surface area contributed by atoms with E-state index in [-0.39, 0.29) is 17.2 Å². The molecule has 0 aliphatic rings. The summed E-state index contributed by atoms with van der Waals surface area (Å²) in [6, 6.07) is 7.94. The number of sulfonamides is 1. The molecule has 2 rings (SSSR count). The van der Waals surface area contributed by atoms with Crippen LogP contribution in [0.25, 0.3) is 0 Å². The topological polar surface area (TPSA) is 79.0 Å². The predicted octanol–water partition coefficient (Wildman–Crippen LogP) is 2.31. The summed E-state index contributed by atoms with van der Waals surface area (Å²) in [7, 11) is -3.64. The molecule has 1 aromatic carbocycles. The van der Waals surface area contributed by atoms with Crippen LogP contribution >= 0.6 is 0 Å². The van der Waals surface area contributed by atoms with Crippen LogP contribution < -0.4 is 4.72 Å². The maximum absolute atomic E-state index is 12.3. The molecule has 112 valence electrons. The van der Waals surface area contributed by atoms with Crippen LogP contribution in [0, 0.1) is 13.8 Å². The van der Waals surface area contributed by atoms with E-state index < -0.39 is 10.0 Å². The second-order valence-corrected chi connectivity index (χ2v) is 6.78. The number of carbonyl (C=O) groups is 1. The average molecular weight is 306 g/mol. The van der Waals surface area contributed by atoms with Crippen molar-refractivity contribution in [3.05, 3.63) is 52.8 Å². The molecule has 6 heteroatoms. The predicted molar refractivity (Wildman–Crippen MR) is 80.7 cm³/mol. The van der Waals surface area contributed by atoms with Crippen molar-refractivity contribution in [3.8, 4) is 0 Å². The first-order valence-corrected chi connectivity index (χ1v) is 8.03. The van der Waals surface area contributed by atoms with Gasteiger partial charge in [0.05, 0.1) is 4.90 Å². The number of ketones is 1. The maximum Gasteiger partial charge on any atom is 0.240 e. The fourth-order valence-electron chi connectivity index (χ4n) is 2.10. The molecule has 0 saturated heterocycles. The summed E-state index contributed by atoms with van der Waals surface area (Å²) >= 11 is 0. The molecule has 2 N–H and O–H groups in total. The third kappa shape index (κ3) is 3.59. The Morgan fingerprint density at radius 3 is 2.52 bits per heavy atom. The van der Waals surface area contributed by atoms with Crippen molar-refractivity contribution in [3.63, 3.8) is 0 Å². The second kappa shape index (κ2) is 5.83. The number of nitrogens with one attached hydrogen (secondary N) is 2. The fourth-order valence-corrected chi connectivity index (χ4v) is 3.16. The first-order valence-electron chi connectivity index (χ1n) is 6.55. The summed E-state index contributed by atoms with van der Waals surface area (Å²) in [4.78, 5) is 14.6. The van der Waals surface area contributed by atoms with Gasteiger partial charge in [0.2, 0.25) is 10.0 Å². The van der Waals surface area contributed by atoms with E-state index in [1.54, 1.807) is 12.1 Å². The number of aryl methyl sites for hydroxylation is 2. The number of carbonyl (C=O) groups excluding carboxylic acids is 1. The minimum absolute atomic E-state index is 0.0973. The molecule has 0 atom stereocenters. The highest BCUT2D eigenvalue weighted by molar-refractivity contribution is 7.89. The van der Waals surface area contributed by atoms with Gasteiger partial charge in [-0.2, -0.15) is 0 Å². The Bertz CT molecular complexity index is 776. The van der Waals surface area contributed by atoms with Crippen molar-refractivity contribution in [2.24, 2.45) is 0 Å². The van der Waals surface area contributed by atoms with Crippen LogP contribution in [0.15, 0.2) is 35.2 Å². The van der Waals surface area contributed by atoms with E-state index in [4.69, 9.17) is 0 Å². The van der Waals surface area contributed by atoms with E-state index in [1.165, 1.54) is 19.1 Å². The van der Waals surface area contributed by atoms with E-state index in [0.717, 1.165) is 17.0 Å². The molecule has 0 saturated carbocycles. The third-order valence-electron chi connectivity index (χ3n) is 3.26. The van der Waals surface area contributed by atoms with Crippen LogP contribution in [0.3, 0.4) is 0 Å². The Balaban J connectivity index is 2.20. The maximum atomic E-state index is 12.3. The first kappa shape index (κ1) is 15.5. The highest BCUT2D eigenvalue weighted by atomic mass is 32.2. The van der Waals surface area contributed by atoms with Gasteiger partial charge in [-0.15, -0.1) is 0 Å². The van der Waals surface area contributed by atoms with Crippen molar-refractivity contribution in [2.75, 3.05) is 0 Å². The number of aromatic amines is 1. The summed E-state index contributed by atoms with van der Waals surface area (Å²) in [5, 5.41) is 0. The van der Waals surface area contributed by atoms with E-state index in [0.29, 0.717) is 5.56 Å². The summed E-state index contributed by atoms with van der Waals surface area (Å²) < 4.78 is 27.1. The molecular weight excluding hydrogens is 288 g/mol. The molecule has 2 aromatic rings. The van der Waals surface area contributed by atoms with Crippen LogP contribution in [0.2, 0.25) is 0 Å². The highest BCUT2D eigenvalue weighted by Crippen LogP contribution is 2.14. The monoisotopic (exact) mass is 306 g/mol. The Morgan fingerprint density at radius 1 is 1.24 bits per heavy atom. The smallest absolute Gasteiger partial charge is 0.240 e. The molecule has 0 aliphatic heterocycles. The highest BCUT2D eigenvalue weighted by Gasteiger charge is 2.16. The van der Waals surface area contributed by atoms with Gasteiger partial charge < -0.3 is 4.98 Å². The number of aromatic nitrogens is 1. The molecule has 0 spiro atoms. The van der Waals surface area contributed by atoms with Crippen LogP contribution in [0.5, 0.6) is 0 Å². The minimum atomic E-state index is -3.64. The minimum Gasteiger partial charge on any atom is -0.362 e. The quantitative estimate of drug-likeness (QED) is 0.832. The Kier molecular flexibility index (Phi) is 4.29. The summed E-state index contributed by atoms with van der Waals surface area (Å²) in [6.45, 7) is 5.43. The molecule has 0 unspecified atom stereocenters. The van der Waals surface area contributed by atoms with Gasteiger partial charge in [0.25, 0.3) is 0 Å². The molecule has 0 bridgehead atoms. The number of benzene rings is 1. The molecule has 0 aliphatic carbocycles. The summed E-state index contributed by atoms with van der Waals surface area (Å²) in [6.07, 6.45) is 0. The van der Waals surface area contributed by atoms with Crippen LogP contribution in [-0.2, 0) is 16.6 Å². The van der Waals surface area contributed by atoms with Crippen molar-refractivity contribution in [2.45, 2.75) is 32.2 Å². The van der Waals surface area contributed by atoms with Crippen LogP contribution in [0.1, 0.15) is 34.2 Å². The molecule has 1 aromatic heterocycles. The average Bonchev–Trinajstić information content (AvgIpc) is 2.75. The molecule has 0 amide bonds. The number of Topliss-reactive ketones (excluding diaryl/α,β-unsaturated/α-hetero) is 1.